The lowest BCUT2D eigenvalue weighted by atomic mass is 9.82. The van der Waals surface area contributed by atoms with E-state index < -0.39 is 40.6 Å². The molecule has 0 spiro atoms. The number of nitrogens with one attached hydrogen (secondary N) is 1. The molecule has 1 N–H and O–H groups in total. The van der Waals surface area contributed by atoms with Gasteiger partial charge in [0, 0.05) is 5.54 Å². The van der Waals surface area contributed by atoms with Crippen LogP contribution in [-0.4, -0.2) is 30.4 Å². The van der Waals surface area contributed by atoms with Gasteiger partial charge in [0.25, 0.3) is 5.91 Å². The standard InChI is InChI=1S/C22H24F4N2O/c1-28(2)21(12-6-7-13-21)19(15-8-4-3-5-9-15)27-20(29)17-11-10-16(23)14-18(17)22(24,25)26/h3-5,8-11,14,19H,6-7,12-13H2,1-2H3,(H,27,29). The van der Waals surface area contributed by atoms with Gasteiger partial charge in [-0.1, -0.05) is 43.2 Å². The van der Waals surface area contributed by atoms with Gasteiger partial charge in [0.05, 0.1) is 17.2 Å². The van der Waals surface area contributed by atoms with E-state index in [9.17, 15) is 22.4 Å². The summed E-state index contributed by atoms with van der Waals surface area (Å²) in [5.74, 6) is -1.90. The Morgan fingerprint density at radius 1 is 1.07 bits per heavy atom. The van der Waals surface area contributed by atoms with Crippen molar-refractivity contribution >= 4 is 5.91 Å². The number of amides is 1. The molecule has 0 aromatic heterocycles. The zero-order valence-corrected chi connectivity index (χ0v) is 16.4. The van der Waals surface area contributed by atoms with Crippen molar-refractivity contribution in [3.05, 3.63) is 71.0 Å². The van der Waals surface area contributed by atoms with Crippen LogP contribution < -0.4 is 5.32 Å². The van der Waals surface area contributed by atoms with Gasteiger partial charge in [-0.25, -0.2) is 4.39 Å². The monoisotopic (exact) mass is 408 g/mol. The third kappa shape index (κ3) is 4.29. The van der Waals surface area contributed by atoms with Crippen molar-refractivity contribution in [1.82, 2.24) is 10.2 Å². The molecule has 0 radical (unpaired) electrons. The smallest absolute Gasteiger partial charge is 0.343 e. The molecule has 1 unspecified atom stereocenters. The predicted octanol–water partition coefficient (Wildman–Crippen LogP) is 5.19. The molecule has 2 aromatic carbocycles. The normalized spacial score (nSPS) is 17.3. The van der Waals surface area contributed by atoms with Crippen LogP contribution in [-0.2, 0) is 6.18 Å². The second kappa shape index (κ2) is 8.14. The van der Waals surface area contributed by atoms with Crippen molar-refractivity contribution in [3.63, 3.8) is 0 Å². The molecular weight excluding hydrogens is 384 g/mol. The molecule has 29 heavy (non-hydrogen) atoms. The first-order valence-corrected chi connectivity index (χ1v) is 9.55. The zero-order valence-electron chi connectivity index (χ0n) is 16.4. The molecule has 3 rings (SSSR count). The minimum atomic E-state index is -4.83. The van der Waals surface area contributed by atoms with Crippen molar-refractivity contribution in [1.29, 1.82) is 0 Å². The Bertz CT molecular complexity index is 859. The quantitative estimate of drug-likeness (QED) is 0.691. The molecule has 1 aliphatic carbocycles. The molecule has 1 saturated carbocycles. The summed E-state index contributed by atoms with van der Waals surface area (Å²) in [5, 5.41) is 2.84. The van der Waals surface area contributed by atoms with E-state index in [-0.39, 0.29) is 0 Å². The maximum absolute atomic E-state index is 13.4. The predicted molar refractivity (Wildman–Crippen MR) is 103 cm³/mol. The molecule has 1 atom stereocenters. The molecular formula is C22H24F4N2O. The highest BCUT2D eigenvalue weighted by Gasteiger charge is 2.45. The Kier molecular flexibility index (Phi) is 5.98. The molecule has 2 aromatic rings. The highest BCUT2D eigenvalue weighted by Crippen LogP contribution is 2.44. The summed E-state index contributed by atoms with van der Waals surface area (Å²) in [7, 11) is 3.85. The van der Waals surface area contributed by atoms with Crippen LogP contribution in [0.2, 0.25) is 0 Å². The molecule has 7 heteroatoms. The van der Waals surface area contributed by atoms with Crippen LogP contribution in [0.1, 0.15) is 53.2 Å². The van der Waals surface area contributed by atoms with E-state index >= 15 is 0 Å². The summed E-state index contributed by atoms with van der Waals surface area (Å²) in [4.78, 5) is 15.0. The lowest BCUT2D eigenvalue weighted by Crippen LogP contribution is -2.53. The molecule has 156 valence electrons. The fraction of sp³-hybridized carbons (Fsp3) is 0.409. The molecule has 1 fully saturated rings. The number of hydrogen-bond donors (Lipinski definition) is 1. The third-order valence-electron chi connectivity index (χ3n) is 5.84. The van der Waals surface area contributed by atoms with E-state index in [4.69, 9.17) is 0 Å². The van der Waals surface area contributed by atoms with E-state index in [2.05, 4.69) is 5.32 Å². The molecule has 0 bridgehead atoms. The van der Waals surface area contributed by atoms with Crippen molar-refractivity contribution < 1.29 is 22.4 Å². The number of halogens is 4. The van der Waals surface area contributed by atoms with Crippen LogP contribution in [0.15, 0.2) is 48.5 Å². The lowest BCUT2D eigenvalue weighted by molar-refractivity contribution is -0.138. The number of alkyl halides is 3. The van der Waals surface area contributed by atoms with Crippen LogP contribution in [0.25, 0.3) is 0 Å². The van der Waals surface area contributed by atoms with Crippen molar-refractivity contribution in [2.45, 2.75) is 43.4 Å². The van der Waals surface area contributed by atoms with E-state index in [0.717, 1.165) is 43.4 Å². The fourth-order valence-electron chi connectivity index (χ4n) is 4.31. The molecule has 0 heterocycles. The van der Waals surface area contributed by atoms with Gasteiger partial charge in [-0.3, -0.25) is 4.79 Å². The summed E-state index contributed by atoms with van der Waals surface area (Å²) in [5.41, 5.74) is -1.43. The number of carbonyl (C=O) groups is 1. The van der Waals surface area contributed by atoms with Gasteiger partial charge in [-0.2, -0.15) is 13.2 Å². The second-order valence-electron chi connectivity index (χ2n) is 7.71. The van der Waals surface area contributed by atoms with Gasteiger partial charge in [-0.05, 0) is 50.7 Å². The maximum Gasteiger partial charge on any atom is 0.417 e. The van der Waals surface area contributed by atoms with E-state index in [0.29, 0.717) is 6.07 Å². The van der Waals surface area contributed by atoms with Gasteiger partial charge in [0.1, 0.15) is 5.82 Å². The van der Waals surface area contributed by atoms with E-state index in [1.165, 1.54) is 0 Å². The first-order valence-electron chi connectivity index (χ1n) is 9.55. The highest BCUT2D eigenvalue weighted by atomic mass is 19.4. The second-order valence-corrected chi connectivity index (χ2v) is 7.71. The number of hydrogen-bond acceptors (Lipinski definition) is 2. The van der Waals surface area contributed by atoms with Crippen LogP contribution in [0.3, 0.4) is 0 Å². The Labute approximate surface area is 167 Å². The minimum absolute atomic E-state index is 0.365. The molecule has 1 aliphatic rings. The third-order valence-corrected chi connectivity index (χ3v) is 5.84. The zero-order chi connectivity index (χ0) is 21.2. The van der Waals surface area contributed by atoms with Gasteiger partial charge >= 0.3 is 6.18 Å². The van der Waals surface area contributed by atoms with Crippen LogP contribution in [0, 0.1) is 5.82 Å². The largest absolute Gasteiger partial charge is 0.417 e. The van der Waals surface area contributed by atoms with Crippen molar-refractivity contribution in [2.75, 3.05) is 14.1 Å². The van der Waals surface area contributed by atoms with Gasteiger partial charge < -0.3 is 10.2 Å². The van der Waals surface area contributed by atoms with E-state index in [1.54, 1.807) is 0 Å². The van der Waals surface area contributed by atoms with Gasteiger partial charge in [0.2, 0.25) is 0 Å². The first kappa shape index (κ1) is 21.3. The van der Waals surface area contributed by atoms with Gasteiger partial charge in [0.15, 0.2) is 0 Å². The summed E-state index contributed by atoms with van der Waals surface area (Å²) in [6.07, 6.45) is -1.25. The van der Waals surface area contributed by atoms with Crippen LogP contribution >= 0.6 is 0 Å². The Hall–Kier alpha value is -2.41. The van der Waals surface area contributed by atoms with Crippen LogP contribution in [0.5, 0.6) is 0 Å². The summed E-state index contributed by atoms with van der Waals surface area (Å²) in [6.45, 7) is 0. The molecule has 3 nitrogen and oxygen atoms in total. The summed E-state index contributed by atoms with van der Waals surface area (Å²) >= 11 is 0. The SMILES string of the molecule is CN(C)C1(C(NC(=O)c2ccc(F)cc2C(F)(F)F)c2ccccc2)CCCC1. The van der Waals surface area contributed by atoms with Crippen molar-refractivity contribution in [2.24, 2.45) is 0 Å². The van der Waals surface area contributed by atoms with Crippen molar-refractivity contribution in [3.8, 4) is 0 Å². The highest BCUT2D eigenvalue weighted by molar-refractivity contribution is 5.96. The number of rotatable bonds is 5. The average Bonchev–Trinajstić information content (AvgIpc) is 3.17. The summed E-state index contributed by atoms with van der Waals surface area (Å²) < 4.78 is 53.6. The van der Waals surface area contributed by atoms with Gasteiger partial charge in [-0.15, -0.1) is 0 Å². The fourth-order valence-corrected chi connectivity index (χ4v) is 4.31. The maximum atomic E-state index is 13.4. The molecule has 0 aliphatic heterocycles. The summed E-state index contributed by atoms with van der Waals surface area (Å²) in [6, 6.07) is 10.9. The van der Waals surface area contributed by atoms with E-state index in [1.807, 2.05) is 49.3 Å². The minimum Gasteiger partial charge on any atom is -0.343 e. The lowest BCUT2D eigenvalue weighted by Gasteiger charge is -2.44. The number of nitrogens with zero attached hydrogens (tertiary/aromatic N) is 1. The number of carbonyl (C=O) groups excluding carboxylic acids is 1. The molecule has 0 saturated heterocycles. The number of likely N-dealkylation sites (N-methyl/N-ethyl adjacent to an activating group) is 1. The molecule has 1 amide bonds. The number of benzene rings is 2. The topological polar surface area (TPSA) is 32.3 Å². The van der Waals surface area contributed by atoms with Crippen LogP contribution in [0.4, 0.5) is 17.6 Å². The Balaban J connectivity index is 2.03. The Morgan fingerprint density at radius 2 is 1.69 bits per heavy atom. The average molecular weight is 408 g/mol. The Morgan fingerprint density at radius 3 is 2.24 bits per heavy atom. The first-order chi connectivity index (χ1) is 13.6.